The molecule has 0 aromatic heterocycles. The van der Waals surface area contributed by atoms with Crippen LogP contribution in [-0.4, -0.2) is 24.3 Å². The molecule has 0 unspecified atom stereocenters. The molecule has 0 saturated carbocycles. The molecule has 2 N–H and O–H groups in total. The van der Waals surface area contributed by atoms with E-state index < -0.39 is 0 Å². The van der Waals surface area contributed by atoms with Gasteiger partial charge in [-0.15, -0.1) is 0 Å². The Kier molecular flexibility index (Phi) is 5.98. The van der Waals surface area contributed by atoms with Crippen molar-refractivity contribution in [3.05, 3.63) is 59.7 Å². The summed E-state index contributed by atoms with van der Waals surface area (Å²) in [6.07, 6.45) is 6.45. The summed E-state index contributed by atoms with van der Waals surface area (Å²) in [4.78, 5) is 0. The van der Waals surface area contributed by atoms with Crippen LogP contribution in [0.4, 0.5) is 11.4 Å². The molecule has 0 spiro atoms. The van der Waals surface area contributed by atoms with Crippen molar-refractivity contribution in [3.8, 4) is 11.5 Å². The Labute approximate surface area is 192 Å². The summed E-state index contributed by atoms with van der Waals surface area (Å²) in [6.45, 7) is 14.5. The van der Waals surface area contributed by atoms with Crippen molar-refractivity contribution >= 4 is 22.5 Å². The maximum atomic E-state index is 6.01. The van der Waals surface area contributed by atoms with E-state index in [0.29, 0.717) is 13.2 Å². The lowest BCUT2D eigenvalue weighted by molar-refractivity contribution is 0.266. The fourth-order valence-electron chi connectivity index (χ4n) is 4.69. The first kappa shape index (κ1) is 22.3. The maximum Gasteiger partial charge on any atom is 0.120 e. The Balaban J connectivity index is 1.24. The lowest BCUT2D eigenvalue weighted by Crippen LogP contribution is -2.31. The van der Waals surface area contributed by atoms with Gasteiger partial charge >= 0.3 is 0 Å². The highest BCUT2D eigenvalue weighted by Crippen LogP contribution is 2.37. The van der Waals surface area contributed by atoms with Crippen LogP contribution in [-0.2, 0) is 0 Å². The molecule has 0 atom stereocenters. The molecule has 4 nitrogen and oxygen atoms in total. The Morgan fingerprint density at radius 3 is 1.47 bits per heavy atom. The molecule has 0 saturated heterocycles. The average molecular weight is 433 g/mol. The summed E-state index contributed by atoms with van der Waals surface area (Å²) >= 11 is 0. The van der Waals surface area contributed by atoms with Crippen LogP contribution in [0.2, 0.25) is 0 Å². The van der Waals surface area contributed by atoms with Gasteiger partial charge in [0.15, 0.2) is 0 Å². The normalized spacial score (nSPS) is 17.7. The number of unbranched alkanes of at least 4 members (excludes halogenated alkanes) is 1. The van der Waals surface area contributed by atoms with Gasteiger partial charge in [0.1, 0.15) is 11.5 Å². The second-order valence-corrected chi connectivity index (χ2v) is 10.2. The van der Waals surface area contributed by atoms with E-state index in [-0.39, 0.29) is 11.1 Å². The van der Waals surface area contributed by atoms with Crippen molar-refractivity contribution in [2.24, 2.45) is 0 Å². The number of benzene rings is 2. The van der Waals surface area contributed by atoms with Gasteiger partial charge in [0, 0.05) is 22.5 Å². The van der Waals surface area contributed by atoms with E-state index in [2.05, 4.69) is 101 Å². The molecule has 0 bridgehead atoms. The monoisotopic (exact) mass is 432 g/mol. The second-order valence-electron chi connectivity index (χ2n) is 10.2. The molecule has 2 aromatic carbocycles. The van der Waals surface area contributed by atoms with Crippen molar-refractivity contribution in [2.45, 2.75) is 65.5 Å². The third-order valence-corrected chi connectivity index (χ3v) is 5.98. The molecule has 4 rings (SSSR count). The molecule has 2 aliphatic heterocycles. The van der Waals surface area contributed by atoms with Crippen LogP contribution in [0.1, 0.15) is 65.5 Å². The molecule has 2 aliphatic rings. The molecule has 32 heavy (non-hydrogen) atoms. The zero-order valence-electron chi connectivity index (χ0n) is 20.3. The minimum Gasteiger partial charge on any atom is -0.494 e. The van der Waals surface area contributed by atoms with Gasteiger partial charge < -0.3 is 20.1 Å². The number of hydrogen-bond acceptors (Lipinski definition) is 4. The fraction of sp³-hybridized carbons (Fsp3) is 0.429. The van der Waals surface area contributed by atoms with Crippen molar-refractivity contribution in [1.29, 1.82) is 0 Å². The Hall–Kier alpha value is -2.88. The van der Waals surface area contributed by atoms with Crippen molar-refractivity contribution in [3.63, 3.8) is 0 Å². The molecule has 170 valence electrons. The Morgan fingerprint density at radius 1 is 0.656 bits per heavy atom. The lowest BCUT2D eigenvalue weighted by Gasteiger charge is -2.31. The first-order valence-electron chi connectivity index (χ1n) is 11.6. The molecular weight excluding hydrogens is 396 g/mol. The van der Waals surface area contributed by atoms with Crippen LogP contribution in [0, 0.1) is 0 Å². The van der Waals surface area contributed by atoms with Gasteiger partial charge in [-0.25, -0.2) is 0 Å². The summed E-state index contributed by atoms with van der Waals surface area (Å²) in [7, 11) is 0. The van der Waals surface area contributed by atoms with Crippen LogP contribution in [0.5, 0.6) is 11.5 Å². The van der Waals surface area contributed by atoms with E-state index in [1.165, 1.54) is 33.6 Å². The van der Waals surface area contributed by atoms with E-state index in [1.54, 1.807) is 0 Å². The van der Waals surface area contributed by atoms with E-state index >= 15 is 0 Å². The van der Waals surface area contributed by atoms with Gasteiger partial charge in [-0.1, -0.05) is 12.2 Å². The molecule has 2 heterocycles. The maximum absolute atomic E-state index is 6.01. The smallest absolute Gasteiger partial charge is 0.120 e. The molecule has 0 fully saturated rings. The number of rotatable bonds is 7. The number of ether oxygens (including phenoxy) is 2. The molecular formula is C28H36N2O2. The summed E-state index contributed by atoms with van der Waals surface area (Å²) in [5.41, 5.74) is 7.33. The Bertz CT molecular complexity index is 978. The second kappa shape index (κ2) is 8.57. The van der Waals surface area contributed by atoms with Crippen LogP contribution in [0.3, 0.4) is 0 Å². The third-order valence-electron chi connectivity index (χ3n) is 5.98. The van der Waals surface area contributed by atoms with Crippen LogP contribution in [0.15, 0.2) is 48.6 Å². The number of fused-ring (bicyclic) bond motifs is 2. The third kappa shape index (κ3) is 5.12. The molecule has 2 aromatic rings. The first-order valence-corrected chi connectivity index (χ1v) is 11.6. The predicted molar refractivity (Wildman–Crippen MR) is 136 cm³/mol. The predicted octanol–water partition coefficient (Wildman–Crippen LogP) is 7.14. The molecule has 0 amide bonds. The van der Waals surface area contributed by atoms with Crippen LogP contribution >= 0.6 is 0 Å². The van der Waals surface area contributed by atoms with Gasteiger partial charge in [-0.3, -0.25) is 0 Å². The number of hydrogen-bond donors (Lipinski definition) is 2. The summed E-state index contributed by atoms with van der Waals surface area (Å²) in [6, 6.07) is 12.6. The SMILES string of the molecule is CC1=CC(C)(C)Nc2ccc(OCCCCOc3ccc4c(c3)C(C)=CC(C)(C)N4)cc21. The number of nitrogens with one attached hydrogen (secondary N) is 2. The first-order chi connectivity index (χ1) is 15.1. The molecule has 0 radical (unpaired) electrons. The van der Waals surface area contributed by atoms with E-state index in [0.717, 1.165) is 24.3 Å². The largest absolute Gasteiger partial charge is 0.494 e. The summed E-state index contributed by atoms with van der Waals surface area (Å²) in [5.74, 6) is 1.84. The standard InChI is InChI=1S/C28H36N2O2/c1-19-17-27(3,4)29-25-11-9-21(15-23(19)25)31-13-7-8-14-32-22-10-12-26-24(16-22)20(2)18-28(5,6)30-26/h9-12,15-18,29-30H,7-8,13-14H2,1-6H3. The quantitative estimate of drug-likeness (QED) is 0.456. The van der Waals surface area contributed by atoms with Crippen LogP contribution < -0.4 is 20.1 Å². The van der Waals surface area contributed by atoms with Gasteiger partial charge in [0.2, 0.25) is 0 Å². The number of allylic oxidation sites excluding steroid dienone is 2. The highest BCUT2D eigenvalue weighted by atomic mass is 16.5. The van der Waals surface area contributed by atoms with Crippen molar-refractivity contribution in [2.75, 3.05) is 23.8 Å². The highest BCUT2D eigenvalue weighted by Gasteiger charge is 2.23. The fourth-order valence-corrected chi connectivity index (χ4v) is 4.69. The van der Waals surface area contributed by atoms with Gasteiger partial charge in [0.25, 0.3) is 0 Å². The van der Waals surface area contributed by atoms with Gasteiger partial charge in [-0.05, 0) is 102 Å². The molecule has 0 aliphatic carbocycles. The molecule has 4 heteroatoms. The minimum atomic E-state index is -0.0143. The number of anilines is 2. The zero-order chi connectivity index (χ0) is 22.9. The topological polar surface area (TPSA) is 42.5 Å². The average Bonchev–Trinajstić information content (AvgIpc) is 2.69. The lowest BCUT2D eigenvalue weighted by atomic mass is 9.91. The van der Waals surface area contributed by atoms with Crippen LogP contribution in [0.25, 0.3) is 11.1 Å². The van der Waals surface area contributed by atoms with E-state index in [4.69, 9.17) is 9.47 Å². The Morgan fingerprint density at radius 2 is 1.06 bits per heavy atom. The summed E-state index contributed by atoms with van der Waals surface area (Å²) in [5, 5.41) is 7.13. The van der Waals surface area contributed by atoms with Gasteiger partial charge in [0.05, 0.1) is 24.3 Å². The zero-order valence-corrected chi connectivity index (χ0v) is 20.3. The van der Waals surface area contributed by atoms with Crippen molar-refractivity contribution in [1.82, 2.24) is 0 Å². The minimum absolute atomic E-state index is 0.0143. The van der Waals surface area contributed by atoms with E-state index in [1.807, 2.05) is 0 Å². The van der Waals surface area contributed by atoms with E-state index in [9.17, 15) is 0 Å². The van der Waals surface area contributed by atoms with Crippen molar-refractivity contribution < 1.29 is 9.47 Å². The summed E-state index contributed by atoms with van der Waals surface area (Å²) < 4.78 is 12.0. The van der Waals surface area contributed by atoms with Gasteiger partial charge in [-0.2, -0.15) is 0 Å². The highest BCUT2D eigenvalue weighted by molar-refractivity contribution is 5.81.